The second-order valence-electron chi connectivity index (χ2n) is 9.10. The lowest BCUT2D eigenvalue weighted by molar-refractivity contribution is 0.0723. The third kappa shape index (κ3) is 4.12. The summed E-state index contributed by atoms with van der Waals surface area (Å²) in [6, 6.07) is 27.9. The number of para-hydroxylation sites is 3. The monoisotopic (exact) mass is 504 g/mol. The Bertz CT molecular complexity index is 1640. The van der Waals surface area contributed by atoms with Crippen LogP contribution in [0.4, 0.5) is 10.5 Å². The number of methoxy groups -OCH3 is 1. The SMILES string of the molecule is COc1ccccc1C(c1nc2ccccc2[nH]1)N1Cc2ccc(-c3ccc(NC(=O)O)cc3)cc2C1=O. The molecule has 1 unspecified atom stereocenters. The number of imidazole rings is 1. The zero-order valence-electron chi connectivity index (χ0n) is 20.5. The van der Waals surface area contributed by atoms with Gasteiger partial charge in [0.25, 0.3) is 5.91 Å². The molecule has 188 valence electrons. The van der Waals surface area contributed by atoms with Crippen molar-refractivity contribution in [1.82, 2.24) is 14.9 Å². The maximum atomic E-state index is 13.9. The van der Waals surface area contributed by atoms with Gasteiger partial charge in [0.2, 0.25) is 0 Å². The van der Waals surface area contributed by atoms with Crippen LogP contribution in [0.3, 0.4) is 0 Å². The minimum atomic E-state index is -1.12. The third-order valence-corrected chi connectivity index (χ3v) is 6.82. The first-order valence-corrected chi connectivity index (χ1v) is 12.1. The highest BCUT2D eigenvalue weighted by Gasteiger charge is 2.37. The van der Waals surface area contributed by atoms with E-state index in [1.807, 2.05) is 83.8 Å². The Labute approximate surface area is 218 Å². The Morgan fingerprint density at radius 2 is 1.74 bits per heavy atom. The zero-order chi connectivity index (χ0) is 26.2. The zero-order valence-corrected chi connectivity index (χ0v) is 20.5. The van der Waals surface area contributed by atoms with E-state index in [-0.39, 0.29) is 5.91 Å². The fourth-order valence-corrected chi connectivity index (χ4v) is 5.04. The van der Waals surface area contributed by atoms with Crippen molar-refractivity contribution in [3.05, 3.63) is 114 Å². The van der Waals surface area contributed by atoms with E-state index in [1.165, 1.54) is 0 Å². The maximum absolute atomic E-state index is 13.9. The lowest BCUT2D eigenvalue weighted by Crippen LogP contribution is -2.31. The van der Waals surface area contributed by atoms with Crippen molar-refractivity contribution in [3.8, 4) is 16.9 Å². The molecule has 0 spiro atoms. The number of rotatable bonds is 6. The van der Waals surface area contributed by atoms with Gasteiger partial charge in [0, 0.05) is 23.4 Å². The lowest BCUT2D eigenvalue weighted by atomic mass is 10.00. The summed E-state index contributed by atoms with van der Waals surface area (Å²) in [5.74, 6) is 1.25. The Kier molecular flexibility index (Phi) is 5.76. The van der Waals surface area contributed by atoms with Gasteiger partial charge in [0.15, 0.2) is 0 Å². The van der Waals surface area contributed by atoms with Gasteiger partial charge in [0.05, 0.1) is 18.1 Å². The summed E-state index contributed by atoms with van der Waals surface area (Å²) in [6.07, 6.45) is -1.12. The largest absolute Gasteiger partial charge is 0.496 e. The molecule has 8 heteroatoms. The highest BCUT2D eigenvalue weighted by molar-refractivity contribution is 6.00. The average molecular weight is 505 g/mol. The number of fused-ring (bicyclic) bond motifs is 2. The summed E-state index contributed by atoms with van der Waals surface area (Å²) in [6.45, 7) is 0.426. The molecule has 0 bridgehead atoms. The number of hydrogen-bond acceptors (Lipinski definition) is 4. The van der Waals surface area contributed by atoms with Gasteiger partial charge in [-0.25, -0.2) is 9.78 Å². The molecule has 0 radical (unpaired) electrons. The van der Waals surface area contributed by atoms with Crippen LogP contribution in [0, 0.1) is 0 Å². The van der Waals surface area contributed by atoms with Gasteiger partial charge in [0.1, 0.15) is 17.6 Å². The van der Waals surface area contributed by atoms with Crippen LogP contribution in [0.1, 0.15) is 33.4 Å². The van der Waals surface area contributed by atoms with Gasteiger partial charge in [-0.1, -0.05) is 54.6 Å². The fraction of sp³-hybridized carbons (Fsp3) is 0.100. The maximum Gasteiger partial charge on any atom is 0.409 e. The molecule has 1 atom stereocenters. The number of carbonyl (C=O) groups is 2. The van der Waals surface area contributed by atoms with Crippen LogP contribution in [-0.4, -0.2) is 39.1 Å². The minimum Gasteiger partial charge on any atom is -0.496 e. The minimum absolute atomic E-state index is 0.0950. The van der Waals surface area contributed by atoms with Gasteiger partial charge in [-0.05, 0) is 53.1 Å². The molecule has 38 heavy (non-hydrogen) atoms. The first kappa shape index (κ1) is 23.3. The molecule has 8 nitrogen and oxygen atoms in total. The van der Waals surface area contributed by atoms with Crippen molar-refractivity contribution in [1.29, 1.82) is 0 Å². The molecule has 1 aliphatic heterocycles. The van der Waals surface area contributed by atoms with Gasteiger partial charge in [-0.2, -0.15) is 0 Å². The van der Waals surface area contributed by atoms with Crippen molar-refractivity contribution in [2.75, 3.05) is 12.4 Å². The number of ether oxygens (including phenoxy) is 1. The molecular weight excluding hydrogens is 480 g/mol. The van der Waals surface area contributed by atoms with Crippen LogP contribution in [0.5, 0.6) is 5.75 Å². The van der Waals surface area contributed by atoms with E-state index in [0.29, 0.717) is 29.4 Å². The number of nitrogens with one attached hydrogen (secondary N) is 2. The van der Waals surface area contributed by atoms with Crippen LogP contribution >= 0.6 is 0 Å². The van der Waals surface area contributed by atoms with Gasteiger partial charge < -0.3 is 19.7 Å². The summed E-state index contributed by atoms with van der Waals surface area (Å²) >= 11 is 0. The van der Waals surface area contributed by atoms with Gasteiger partial charge >= 0.3 is 6.09 Å². The van der Waals surface area contributed by atoms with Crippen molar-refractivity contribution in [2.45, 2.75) is 12.6 Å². The molecule has 2 heterocycles. The molecule has 0 saturated heterocycles. The molecule has 1 aromatic heterocycles. The van der Waals surface area contributed by atoms with Crippen molar-refractivity contribution < 1.29 is 19.4 Å². The highest BCUT2D eigenvalue weighted by atomic mass is 16.5. The second kappa shape index (κ2) is 9.40. The molecule has 4 aromatic carbocycles. The quantitative estimate of drug-likeness (QED) is 0.260. The molecule has 2 amide bonds. The summed E-state index contributed by atoms with van der Waals surface area (Å²) in [7, 11) is 1.62. The van der Waals surface area contributed by atoms with E-state index in [4.69, 9.17) is 14.8 Å². The van der Waals surface area contributed by atoms with Crippen LogP contribution in [-0.2, 0) is 6.54 Å². The van der Waals surface area contributed by atoms with E-state index in [1.54, 1.807) is 19.2 Å². The van der Waals surface area contributed by atoms with E-state index >= 15 is 0 Å². The lowest BCUT2D eigenvalue weighted by Gasteiger charge is -2.28. The second-order valence-corrected chi connectivity index (χ2v) is 9.10. The molecule has 5 aromatic rings. The van der Waals surface area contributed by atoms with Gasteiger partial charge in [-0.3, -0.25) is 10.1 Å². The fourth-order valence-electron chi connectivity index (χ4n) is 5.04. The third-order valence-electron chi connectivity index (χ3n) is 6.82. The number of nitrogens with zero attached hydrogens (tertiary/aromatic N) is 2. The predicted octanol–water partition coefficient (Wildman–Crippen LogP) is 6.07. The topological polar surface area (TPSA) is 108 Å². The Morgan fingerprint density at radius 1 is 1.00 bits per heavy atom. The summed E-state index contributed by atoms with van der Waals surface area (Å²) in [5.41, 5.74) is 6.37. The van der Waals surface area contributed by atoms with Crippen molar-refractivity contribution in [2.24, 2.45) is 0 Å². The van der Waals surface area contributed by atoms with Crippen LogP contribution in [0.15, 0.2) is 91.0 Å². The number of carbonyl (C=O) groups excluding carboxylic acids is 1. The van der Waals surface area contributed by atoms with E-state index in [0.717, 1.165) is 33.3 Å². The molecule has 0 aliphatic carbocycles. The molecule has 1 aliphatic rings. The van der Waals surface area contributed by atoms with E-state index in [9.17, 15) is 9.59 Å². The number of benzene rings is 4. The molecule has 6 rings (SSSR count). The predicted molar refractivity (Wildman–Crippen MR) is 144 cm³/mol. The number of anilines is 1. The van der Waals surface area contributed by atoms with Gasteiger partial charge in [-0.15, -0.1) is 0 Å². The van der Waals surface area contributed by atoms with Crippen molar-refractivity contribution >= 4 is 28.7 Å². The van der Waals surface area contributed by atoms with Crippen LogP contribution < -0.4 is 10.1 Å². The number of aromatic amines is 1. The number of hydrogen-bond donors (Lipinski definition) is 3. The molecular formula is C30H24N4O4. The Hall–Kier alpha value is -5.11. The summed E-state index contributed by atoms with van der Waals surface area (Å²) < 4.78 is 5.68. The number of aromatic nitrogens is 2. The number of amides is 2. The molecule has 0 fully saturated rings. The normalized spacial score (nSPS) is 13.4. The van der Waals surface area contributed by atoms with E-state index in [2.05, 4.69) is 10.3 Å². The summed E-state index contributed by atoms with van der Waals surface area (Å²) in [5, 5.41) is 11.3. The average Bonchev–Trinajstić information content (AvgIpc) is 3.50. The standard InChI is InChI=1S/C30H24N4O4/c1-38-26-9-5-2-6-22(26)27(28-32-24-7-3-4-8-25(24)33-28)34-17-20-11-10-19(16-23(20)29(34)35)18-12-14-21(15-13-18)31-30(36)37/h2-16,27,31H,17H2,1H3,(H,32,33)(H,36,37). The van der Waals surface area contributed by atoms with Crippen molar-refractivity contribution in [3.63, 3.8) is 0 Å². The Morgan fingerprint density at radius 3 is 2.50 bits per heavy atom. The first-order valence-electron chi connectivity index (χ1n) is 12.1. The first-order chi connectivity index (χ1) is 18.5. The number of H-pyrrole nitrogens is 1. The Balaban J connectivity index is 1.39. The highest BCUT2D eigenvalue weighted by Crippen LogP contribution is 2.40. The van der Waals surface area contributed by atoms with Crippen LogP contribution in [0.25, 0.3) is 22.2 Å². The molecule has 3 N–H and O–H groups in total. The van der Waals surface area contributed by atoms with E-state index < -0.39 is 12.1 Å². The smallest absolute Gasteiger partial charge is 0.409 e. The number of carboxylic acid groups (broad SMARTS) is 1. The van der Waals surface area contributed by atoms with Crippen LogP contribution in [0.2, 0.25) is 0 Å². The molecule has 0 saturated carbocycles. The summed E-state index contributed by atoms with van der Waals surface area (Å²) in [4.78, 5) is 34.9.